The van der Waals surface area contributed by atoms with Gasteiger partial charge in [0.05, 0.1) is 13.2 Å². The minimum Gasteiger partial charge on any atom is -0.508 e. The quantitative estimate of drug-likeness (QED) is 0.373. The van der Waals surface area contributed by atoms with Crippen molar-refractivity contribution in [2.75, 3.05) is 7.11 Å². The zero-order valence-electron chi connectivity index (χ0n) is 19.3. The molecule has 1 unspecified atom stereocenters. The molecule has 0 spiro atoms. The van der Waals surface area contributed by atoms with E-state index in [-0.39, 0.29) is 29.1 Å². The highest BCUT2D eigenvalue weighted by atomic mass is 16.6. The molecule has 0 saturated carbocycles. The van der Waals surface area contributed by atoms with Crippen molar-refractivity contribution in [3.05, 3.63) is 55.1 Å². The van der Waals surface area contributed by atoms with Crippen molar-refractivity contribution in [2.45, 2.75) is 58.1 Å². The largest absolute Gasteiger partial charge is 0.508 e. The third kappa shape index (κ3) is 9.59. The molecule has 1 saturated heterocycles. The van der Waals surface area contributed by atoms with Crippen molar-refractivity contribution in [1.82, 2.24) is 10.3 Å². The normalized spacial score (nSPS) is 18.6. The maximum absolute atomic E-state index is 12.7. The van der Waals surface area contributed by atoms with Gasteiger partial charge in [0.1, 0.15) is 11.8 Å². The van der Waals surface area contributed by atoms with Gasteiger partial charge in [0.15, 0.2) is 11.4 Å². The van der Waals surface area contributed by atoms with Crippen LogP contribution in [0.3, 0.4) is 0 Å². The van der Waals surface area contributed by atoms with E-state index in [1.165, 1.54) is 44.5 Å². The van der Waals surface area contributed by atoms with E-state index in [4.69, 9.17) is 19.3 Å². The number of esters is 2. The highest BCUT2D eigenvalue weighted by Crippen LogP contribution is 2.29. The van der Waals surface area contributed by atoms with Crippen LogP contribution in [0.25, 0.3) is 0 Å². The number of carbonyl (C=O) groups is 3. The van der Waals surface area contributed by atoms with Crippen LogP contribution in [0.1, 0.15) is 56.4 Å². The number of aromatic nitrogens is 1. The van der Waals surface area contributed by atoms with Crippen LogP contribution in [0, 0.1) is 0 Å². The van der Waals surface area contributed by atoms with Crippen LogP contribution in [-0.4, -0.2) is 47.2 Å². The number of hydrogen-bond donors (Lipinski definition) is 2. The second kappa shape index (κ2) is 14.4. The molecule has 33 heavy (non-hydrogen) atoms. The van der Waals surface area contributed by atoms with Gasteiger partial charge in [-0.1, -0.05) is 32.1 Å². The van der Waals surface area contributed by atoms with Crippen molar-refractivity contribution in [3.8, 4) is 11.5 Å². The van der Waals surface area contributed by atoms with Crippen LogP contribution in [0.4, 0.5) is 0 Å². The summed E-state index contributed by atoms with van der Waals surface area (Å²) in [5, 5.41) is 11.2. The Labute approximate surface area is 194 Å². The van der Waals surface area contributed by atoms with Gasteiger partial charge < -0.3 is 24.6 Å². The van der Waals surface area contributed by atoms with Gasteiger partial charge >= 0.3 is 11.9 Å². The van der Waals surface area contributed by atoms with E-state index in [1.54, 1.807) is 0 Å². The number of nitrogens with zero attached hydrogens (tertiary/aromatic N) is 1. The SMILES string of the molecule is C=C/C=C(/O)C=C.COc1ccnc(C(=O)N[C@H]2CCCCCC(C)OC2=O)c1OC(C)=O. The molecule has 180 valence electrons. The lowest BCUT2D eigenvalue weighted by molar-refractivity contribution is -0.150. The molecular weight excluding hydrogens is 428 g/mol. The van der Waals surface area contributed by atoms with Crippen molar-refractivity contribution < 1.29 is 33.7 Å². The first-order chi connectivity index (χ1) is 15.7. The third-order valence-corrected chi connectivity index (χ3v) is 4.56. The summed E-state index contributed by atoms with van der Waals surface area (Å²) in [7, 11) is 1.39. The smallest absolute Gasteiger partial charge is 0.328 e. The first-order valence-electron chi connectivity index (χ1n) is 10.6. The van der Waals surface area contributed by atoms with Crippen LogP contribution >= 0.6 is 0 Å². The molecule has 1 aliphatic heterocycles. The van der Waals surface area contributed by atoms with Crippen LogP contribution in [0.15, 0.2) is 49.4 Å². The van der Waals surface area contributed by atoms with E-state index >= 15 is 0 Å². The molecule has 0 aromatic carbocycles. The predicted molar refractivity (Wildman–Crippen MR) is 123 cm³/mol. The van der Waals surface area contributed by atoms with Crippen molar-refractivity contribution in [2.24, 2.45) is 0 Å². The molecule has 1 fully saturated rings. The average Bonchev–Trinajstić information content (AvgIpc) is 2.84. The second-order valence-electron chi connectivity index (χ2n) is 7.23. The van der Waals surface area contributed by atoms with Crippen LogP contribution in [-0.2, 0) is 14.3 Å². The number of nitrogens with one attached hydrogen (secondary N) is 1. The monoisotopic (exact) mass is 460 g/mol. The van der Waals surface area contributed by atoms with E-state index in [2.05, 4.69) is 23.5 Å². The van der Waals surface area contributed by atoms with Crippen molar-refractivity contribution >= 4 is 17.8 Å². The Morgan fingerprint density at radius 1 is 1.27 bits per heavy atom. The van der Waals surface area contributed by atoms with Gasteiger partial charge in [-0.05, 0) is 38.3 Å². The summed E-state index contributed by atoms with van der Waals surface area (Å²) >= 11 is 0. The van der Waals surface area contributed by atoms with Crippen molar-refractivity contribution in [3.63, 3.8) is 0 Å². The highest BCUT2D eigenvalue weighted by molar-refractivity contribution is 5.98. The fraction of sp³-hybridized carbons (Fsp3) is 0.417. The molecule has 2 N–H and O–H groups in total. The van der Waals surface area contributed by atoms with Gasteiger partial charge in [-0.25, -0.2) is 9.78 Å². The number of aliphatic hydroxyl groups excluding tert-OH is 1. The second-order valence-corrected chi connectivity index (χ2v) is 7.23. The highest BCUT2D eigenvalue weighted by Gasteiger charge is 2.28. The summed E-state index contributed by atoms with van der Waals surface area (Å²) in [6.45, 7) is 9.73. The lowest BCUT2D eigenvalue weighted by Gasteiger charge is -2.19. The third-order valence-electron chi connectivity index (χ3n) is 4.56. The van der Waals surface area contributed by atoms with Gasteiger partial charge in [-0.2, -0.15) is 0 Å². The Kier molecular flexibility index (Phi) is 12.0. The van der Waals surface area contributed by atoms with E-state index in [0.717, 1.165) is 25.7 Å². The number of cyclic esters (lactones) is 1. The number of amides is 1. The van der Waals surface area contributed by atoms with Crippen LogP contribution < -0.4 is 14.8 Å². The zero-order valence-corrected chi connectivity index (χ0v) is 19.3. The number of hydrogen-bond acceptors (Lipinski definition) is 8. The first kappa shape index (κ1) is 27.4. The first-order valence-corrected chi connectivity index (χ1v) is 10.6. The average molecular weight is 461 g/mol. The number of pyridine rings is 1. The van der Waals surface area contributed by atoms with Gasteiger partial charge in [-0.3, -0.25) is 9.59 Å². The van der Waals surface area contributed by atoms with Crippen molar-refractivity contribution in [1.29, 1.82) is 0 Å². The Morgan fingerprint density at radius 3 is 2.55 bits per heavy atom. The topological polar surface area (TPSA) is 124 Å². The Morgan fingerprint density at radius 2 is 1.97 bits per heavy atom. The summed E-state index contributed by atoms with van der Waals surface area (Å²) < 4.78 is 15.6. The van der Waals surface area contributed by atoms with Gasteiger partial charge in [0, 0.05) is 19.2 Å². The van der Waals surface area contributed by atoms with Gasteiger partial charge in [-0.15, -0.1) is 0 Å². The fourth-order valence-electron chi connectivity index (χ4n) is 2.96. The van der Waals surface area contributed by atoms with E-state index < -0.39 is 23.9 Å². The summed E-state index contributed by atoms with van der Waals surface area (Å²) in [6.07, 6.45) is 9.51. The molecular formula is C24H32N2O7. The van der Waals surface area contributed by atoms with Gasteiger partial charge in [0.25, 0.3) is 5.91 Å². The number of allylic oxidation sites excluding steroid dienone is 3. The summed E-state index contributed by atoms with van der Waals surface area (Å²) in [5.74, 6) is -1.44. The number of methoxy groups -OCH3 is 1. The predicted octanol–water partition coefficient (Wildman–Crippen LogP) is 3.81. The van der Waals surface area contributed by atoms with E-state index in [9.17, 15) is 14.4 Å². The summed E-state index contributed by atoms with van der Waals surface area (Å²) in [5.41, 5.74) is -0.125. The number of carbonyl (C=O) groups excluding carboxylic acids is 3. The minimum atomic E-state index is -0.777. The molecule has 0 bridgehead atoms. The lowest BCUT2D eigenvalue weighted by Crippen LogP contribution is -2.43. The molecule has 1 amide bonds. The fourth-order valence-corrected chi connectivity index (χ4v) is 2.96. The molecule has 0 aliphatic carbocycles. The number of ether oxygens (including phenoxy) is 3. The Balaban J connectivity index is 0.000000675. The standard InChI is InChI=1S/C18H24N2O6.C6H8O/c1-11-7-5-4-6-8-13(18(23)25-11)20-17(22)15-16(26-12(2)21)14(24-3)9-10-19-15;1-3-5-6(7)4-2/h9-11,13H,4-8H2,1-3H3,(H,20,22);3-5,7H,1-2H2/b;6-5+/t11?,13-;/m0./s1. The maximum atomic E-state index is 12.7. The van der Waals surface area contributed by atoms with Crippen LogP contribution in [0.2, 0.25) is 0 Å². The number of rotatable bonds is 6. The van der Waals surface area contributed by atoms with E-state index in [1.807, 2.05) is 6.92 Å². The lowest BCUT2D eigenvalue weighted by atomic mass is 10.1. The molecule has 9 heteroatoms. The molecule has 2 heterocycles. The molecule has 2 rings (SSSR count). The molecule has 2 atom stereocenters. The molecule has 0 radical (unpaired) electrons. The molecule has 1 aliphatic rings. The van der Waals surface area contributed by atoms with Crippen LogP contribution in [0.5, 0.6) is 11.5 Å². The minimum absolute atomic E-state index is 0.0789. The van der Waals surface area contributed by atoms with Gasteiger partial charge in [0.2, 0.25) is 5.75 Å². The molecule has 1 aromatic rings. The zero-order chi connectivity index (χ0) is 24.8. The van der Waals surface area contributed by atoms with E-state index in [0.29, 0.717) is 6.42 Å². The Hall–Kier alpha value is -3.62. The maximum Gasteiger partial charge on any atom is 0.328 e. The molecule has 1 aromatic heterocycles. The number of aliphatic hydroxyl groups is 1. The Bertz CT molecular complexity index is 880. The summed E-state index contributed by atoms with van der Waals surface area (Å²) in [6, 6.07) is 0.701. The molecule has 9 nitrogen and oxygen atoms in total. The summed E-state index contributed by atoms with van der Waals surface area (Å²) in [4.78, 5) is 40.3.